The van der Waals surface area contributed by atoms with Crippen molar-refractivity contribution in [1.82, 2.24) is 14.5 Å². The first-order valence-corrected chi connectivity index (χ1v) is 13.5. The van der Waals surface area contributed by atoms with E-state index in [1.807, 2.05) is 66.2 Å². The van der Waals surface area contributed by atoms with Crippen LogP contribution in [0.5, 0.6) is 11.6 Å². The van der Waals surface area contributed by atoms with Crippen molar-refractivity contribution in [2.24, 2.45) is 10.2 Å². The van der Waals surface area contributed by atoms with Gasteiger partial charge in [0.2, 0.25) is 5.88 Å². The zero-order chi connectivity index (χ0) is 27.4. The Morgan fingerprint density at radius 2 is 2.00 bits per heavy atom. The Morgan fingerprint density at radius 1 is 1.15 bits per heavy atom. The van der Waals surface area contributed by atoms with Crippen LogP contribution in [0.4, 0.5) is 5.69 Å². The molecule has 202 valence electrons. The summed E-state index contributed by atoms with van der Waals surface area (Å²) in [6.45, 7) is 7.33. The number of likely N-dealkylation sites (tertiary alicyclic amines) is 1. The topological polar surface area (TPSA) is 92.3 Å². The molecule has 0 bridgehead atoms. The van der Waals surface area contributed by atoms with E-state index >= 15 is 0 Å². The second kappa shape index (κ2) is 11.8. The number of amides is 1. The summed E-state index contributed by atoms with van der Waals surface area (Å²) in [5.74, 6) is 0.413. The van der Waals surface area contributed by atoms with Crippen LogP contribution in [0.3, 0.4) is 0 Å². The highest BCUT2D eigenvalue weighted by atomic mass is 16.5. The largest absolute Gasteiger partial charge is 0.493 e. The van der Waals surface area contributed by atoms with Crippen molar-refractivity contribution in [2.45, 2.75) is 58.7 Å². The van der Waals surface area contributed by atoms with Crippen molar-refractivity contribution in [3.05, 3.63) is 83.7 Å². The average molecular weight is 526 g/mol. The predicted molar refractivity (Wildman–Crippen MR) is 151 cm³/mol. The quantitative estimate of drug-likeness (QED) is 0.249. The van der Waals surface area contributed by atoms with E-state index in [1.165, 1.54) is 5.56 Å². The number of fused-ring (bicyclic) bond motifs is 1. The Balaban J connectivity index is 1.37. The van der Waals surface area contributed by atoms with Gasteiger partial charge in [0.25, 0.3) is 0 Å². The molecule has 1 unspecified atom stereocenters. The molecule has 2 aromatic carbocycles. The van der Waals surface area contributed by atoms with E-state index in [4.69, 9.17) is 4.74 Å². The number of benzene rings is 2. The summed E-state index contributed by atoms with van der Waals surface area (Å²) in [5, 5.41) is 20.1. The van der Waals surface area contributed by atoms with E-state index in [0.717, 1.165) is 47.8 Å². The molecule has 1 aliphatic heterocycles. The number of nitrogens with zero attached hydrogens (tertiary/aromatic N) is 5. The molecule has 1 atom stereocenters. The number of azo groups is 1. The van der Waals surface area contributed by atoms with E-state index in [2.05, 4.69) is 40.0 Å². The van der Waals surface area contributed by atoms with Crippen LogP contribution < -0.4 is 4.74 Å². The standard InChI is InChI=1S/C31H35N5O3/c1-21(2)24-14-13-22(3)17-28(24)39-19-29(37)33-34-30-25-10-4-5-12-27(25)36(31(30)38)20-35-16-7-6-11-26(35)23-9-8-15-32-18-23/h4-5,8-10,12-15,17-18,21,26,38H,6-7,11,16,19-20H2,1-3H3. The summed E-state index contributed by atoms with van der Waals surface area (Å²) in [7, 11) is 0. The van der Waals surface area contributed by atoms with E-state index in [-0.39, 0.29) is 30.1 Å². The Labute approximate surface area is 229 Å². The molecule has 1 amide bonds. The third-order valence-corrected chi connectivity index (χ3v) is 7.33. The van der Waals surface area contributed by atoms with E-state index in [9.17, 15) is 9.90 Å². The summed E-state index contributed by atoms with van der Waals surface area (Å²) >= 11 is 0. The summed E-state index contributed by atoms with van der Waals surface area (Å²) in [5.41, 5.74) is 4.39. The molecule has 8 nitrogen and oxygen atoms in total. The molecule has 5 rings (SSSR count). The minimum Gasteiger partial charge on any atom is -0.493 e. The van der Waals surface area contributed by atoms with Gasteiger partial charge in [0, 0.05) is 30.4 Å². The van der Waals surface area contributed by atoms with Gasteiger partial charge < -0.3 is 9.84 Å². The minimum atomic E-state index is -0.518. The normalized spacial score (nSPS) is 16.4. The molecule has 0 spiro atoms. The van der Waals surface area contributed by atoms with Crippen molar-refractivity contribution < 1.29 is 14.6 Å². The van der Waals surface area contributed by atoms with Gasteiger partial charge in [-0.1, -0.05) is 56.7 Å². The number of carbonyl (C=O) groups is 1. The molecular formula is C31H35N5O3. The summed E-state index contributed by atoms with van der Waals surface area (Å²) in [6.07, 6.45) is 6.99. The number of ether oxygens (including phenoxy) is 1. The van der Waals surface area contributed by atoms with Crippen LogP contribution >= 0.6 is 0 Å². The Bertz CT molecular complexity index is 1480. The molecule has 8 heteroatoms. The molecular weight excluding hydrogens is 490 g/mol. The number of rotatable bonds is 8. The van der Waals surface area contributed by atoms with Crippen molar-refractivity contribution in [1.29, 1.82) is 0 Å². The Kier molecular flexibility index (Phi) is 8.02. The second-order valence-electron chi connectivity index (χ2n) is 10.4. The molecule has 0 aliphatic carbocycles. The van der Waals surface area contributed by atoms with Gasteiger partial charge in [0.15, 0.2) is 12.3 Å². The number of aromatic nitrogens is 2. The first-order chi connectivity index (χ1) is 18.9. The molecule has 1 aliphatic rings. The van der Waals surface area contributed by atoms with Crippen LogP contribution in [0.1, 0.15) is 61.8 Å². The second-order valence-corrected chi connectivity index (χ2v) is 10.4. The highest BCUT2D eigenvalue weighted by Gasteiger charge is 2.27. The number of para-hydroxylation sites is 1. The van der Waals surface area contributed by atoms with Gasteiger partial charge in [-0.3, -0.25) is 19.2 Å². The zero-order valence-electron chi connectivity index (χ0n) is 22.7. The van der Waals surface area contributed by atoms with E-state index in [1.54, 1.807) is 6.20 Å². The smallest absolute Gasteiger partial charge is 0.302 e. The Hall–Kier alpha value is -4.04. The van der Waals surface area contributed by atoms with Crippen LogP contribution in [0.25, 0.3) is 10.9 Å². The van der Waals surface area contributed by atoms with Gasteiger partial charge in [-0.15, -0.1) is 10.2 Å². The van der Waals surface area contributed by atoms with Crippen LogP contribution in [-0.4, -0.2) is 38.6 Å². The number of hydrogen-bond acceptors (Lipinski definition) is 6. The van der Waals surface area contributed by atoms with Crippen molar-refractivity contribution in [2.75, 3.05) is 13.2 Å². The van der Waals surface area contributed by atoms with Gasteiger partial charge in [-0.2, -0.15) is 0 Å². The molecule has 2 aromatic heterocycles. The number of piperidine rings is 1. The highest BCUT2D eigenvalue weighted by Crippen LogP contribution is 2.40. The van der Waals surface area contributed by atoms with Crippen LogP contribution in [0, 0.1) is 6.92 Å². The number of aromatic hydroxyl groups is 1. The third-order valence-electron chi connectivity index (χ3n) is 7.33. The van der Waals surface area contributed by atoms with Gasteiger partial charge in [0.05, 0.1) is 12.2 Å². The number of hydrogen-bond donors (Lipinski definition) is 1. The van der Waals surface area contributed by atoms with Gasteiger partial charge in [-0.05, 0) is 60.6 Å². The number of carbonyl (C=O) groups excluding carboxylic acids is 1. The first-order valence-electron chi connectivity index (χ1n) is 13.5. The maximum Gasteiger partial charge on any atom is 0.302 e. The van der Waals surface area contributed by atoms with Crippen LogP contribution in [0.15, 0.2) is 77.2 Å². The SMILES string of the molecule is Cc1ccc(C(C)C)c(OCC(=O)N=Nc2c(O)n(CN3CCCCC3c3cccnc3)c3ccccc23)c1. The molecule has 1 saturated heterocycles. The lowest BCUT2D eigenvalue weighted by atomic mass is 9.97. The lowest BCUT2D eigenvalue weighted by Crippen LogP contribution is -2.34. The lowest BCUT2D eigenvalue weighted by Gasteiger charge is -2.36. The third kappa shape index (κ3) is 5.86. The van der Waals surface area contributed by atoms with Crippen LogP contribution in [-0.2, 0) is 11.5 Å². The fourth-order valence-electron chi connectivity index (χ4n) is 5.32. The van der Waals surface area contributed by atoms with Crippen molar-refractivity contribution in [3.8, 4) is 11.6 Å². The van der Waals surface area contributed by atoms with Gasteiger partial charge in [-0.25, -0.2) is 0 Å². The zero-order valence-corrected chi connectivity index (χ0v) is 22.7. The van der Waals surface area contributed by atoms with Crippen LogP contribution in [0.2, 0.25) is 0 Å². The molecule has 0 radical (unpaired) electrons. The van der Waals surface area contributed by atoms with E-state index < -0.39 is 5.91 Å². The summed E-state index contributed by atoms with van der Waals surface area (Å²) in [4.78, 5) is 19.3. The molecule has 0 saturated carbocycles. The fourth-order valence-corrected chi connectivity index (χ4v) is 5.32. The number of aryl methyl sites for hydroxylation is 1. The van der Waals surface area contributed by atoms with Crippen molar-refractivity contribution >= 4 is 22.5 Å². The minimum absolute atomic E-state index is 0.00930. The molecule has 1 N–H and O–H groups in total. The summed E-state index contributed by atoms with van der Waals surface area (Å²) < 4.78 is 7.67. The number of pyridine rings is 1. The maximum absolute atomic E-state index is 12.6. The fraction of sp³-hybridized carbons (Fsp3) is 0.355. The van der Waals surface area contributed by atoms with Gasteiger partial charge >= 0.3 is 5.91 Å². The average Bonchev–Trinajstić information content (AvgIpc) is 3.21. The molecule has 3 heterocycles. The first kappa shape index (κ1) is 26.6. The maximum atomic E-state index is 12.6. The molecule has 1 fully saturated rings. The highest BCUT2D eigenvalue weighted by molar-refractivity contribution is 5.95. The summed E-state index contributed by atoms with van der Waals surface area (Å²) in [6, 6.07) is 17.9. The molecule has 39 heavy (non-hydrogen) atoms. The van der Waals surface area contributed by atoms with E-state index in [0.29, 0.717) is 12.4 Å². The molecule has 4 aromatic rings. The predicted octanol–water partition coefficient (Wildman–Crippen LogP) is 7.05. The van der Waals surface area contributed by atoms with Gasteiger partial charge in [0.1, 0.15) is 5.75 Å². The van der Waals surface area contributed by atoms with Crippen molar-refractivity contribution in [3.63, 3.8) is 0 Å². The Morgan fingerprint density at radius 3 is 2.79 bits per heavy atom. The lowest BCUT2D eigenvalue weighted by molar-refractivity contribution is -0.120. The monoisotopic (exact) mass is 525 g/mol.